The number of rotatable bonds is 3. The summed E-state index contributed by atoms with van der Waals surface area (Å²) in [5.74, 6) is 0. The molecule has 4 aromatic rings. The Hall–Kier alpha value is -3.49. The first-order chi connectivity index (χ1) is 15.9. The molecule has 1 atom stereocenters. The number of aromatic nitrogens is 2. The maximum atomic E-state index is 13.6. The van der Waals surface area contributed by atoms with E-state index < -0.39 is 20.6 Å². The second-order valence-electron chi connectivity index (χ2n) is 7.74. The van der Waals surface area contributed by atoms with Gasteiger partial charge >= 0.3 is 0 Å². The van der Waals surface area contributed by atoms with Gasteiger partial charge in [0.05, 0.1) is 15.5 Å². The molecule has 1 unspecified atom stereocenters. The fourth-order valence-corrected chi connectivity index (χ4v) is 6.27. The summed E-state index contributed by atoms with van der Waals surface area (Å²) in [4.78, 5) is 13.7. The predicted octanol–water partition coefficient (Wildman–Crippen LogP) is 4.58. The summed E-state index contributed by atoms with van der Waals surface area (Å²) in [5.41, 5.74) is 3.89. The van der Waals surface area contributed by atoms with Crippen LogP contribution in [0.2, 0.25) is 0 Å². The monoisotopic (exact) mass is 473 g/mol. The Bertz CT molecular complexity index is 1550. The van der Waals surface area contributed by atoms with Gasteiger partial charge in [-0.05, 0) is 38.1 Å². The summed E-state index contributed by atoms with van der Waals surface area (Å²) in [6.07, 6.45) is 1.13. The molecule has 0 fully saturated rings. The van der Waals surface area contributed by atoms with Crippen LogP contribution in [0.4, 0.5) is 5.69 Å². The van der Waals surface area contributed by atoms with Crippen molar-refractivity contribution in [2.75, 3.05) is 0 Å². The van der Waals surface area contributed by atoms with Crippen LogP contribution in [0, 0.1) is 13.8 Å². The molecule has 0 amide bonds. The Labute approximate surface area is 194 Å². The fraction of sp³-hybridized carbons (Fsp3) is 0.0800. The van der Waals surface area contributed by atoms with Crippen molar-refractivity contribution in [1.82, 2.24) is 9.97 Å². The highest BCUT2D eigenvalue weighted by Gasteiger charge is 2.32. The normalized spacial score (nSPS) is 15.2. The molecule has 0 saturated heterocycles. The highest BCUT2D eigenvalue weighted by Crippen LogP contribution is 2.38. The molecule has 5 rings (SSSR count). The highest BCUT2D eigenvalue weighted by molar-refractivity contribution is 7.91. The molecule has 3 aromatic carbocycles. The van der Waals surface area contributed by atoms with Crippen LogP contribution >= 0.6 is 0 Å². The number of hydrogen-bond donors (Lipinski definition) is 0. The van der Waals surface area contributed by atoms with E-state index in [0.717, 1.165) is 23.0 Å². The lowest BCUT2D eigenvalue weighted by Crippen LogP contribution is -2.08. The molecule has 0 aliphatic carbocycles. The van der Waals surface area contributed by atoms with Crippen molar-refractivity contribution in [2.45, 2.75) is 33.7 Å². The van der Waals surface area contributed by atoms with Gasteiger partial charge in [-0.15, -0.1) is 0 Å². The van der Waals surface area contributed by atoms with Crippen molar-refractivity contribution in [3.63, 3.8) is 0 Å². The van der Waals surface area contributed by atoms with Gasteiger partial charge in [0.25, 0.3) is 0 Å². The zero-order valence-corrected chi connectivity index (χ0v) is 19.5. The zero-order valence-electron chi connectivity index (χ0n) is 17.9. The summed E-state index contributed by atoms with van der Waals surface area (Å²) >= 11 is 0. The van der Waals surface area contributed by atoms with Gasteiger partial charge in [0.1, 0.15) is 22.8 Å². The van der Waals surface area contributed by atoms with Crippen LogP contribution in [-0.2, 0) is 20.6 Å². The smallest absolute Gasteiger partial charge is 0.226 e. The van der Waals surface area contributed by atoms with Crippen LogP contribution in [0.5, 0.6) is 0 Å². The molecule has 0 N–H and O–H groups in total. The van der Waals surface area contributed by atoms with Gasteiger partial charge in [-0.25, -0.2) is 27.6 Å². The molecule has 0 radical (unpaired) electrons. The average Bonchev–Trinajstić information content (AvgIpc) is 2.94. The summed E-state index contributed by atoms with van der Waals surface area (Å²) in [7, 11) is -5.78. The molecule has 33 heavy (non-hydrogen) atoms. The van der Waals surface area contributed by atoms with Crippen molar-refractivity contribution in [2.24, 2.45) is 4.99 Å². The molecular formula is C25H19N3O3S2. The summed E-state index contributed by atoms with van der Waals surface area (Å²) in [6.45, 7) is 3.82. The largest absolute Gasteiger partial charge is 0.247 e. The van der Waals surface area contributed by atoms with Gasteiger partial charge in [-0.3, -0.25) is 0 Å². The van der Waals surface area contributed by atoms with E-state index in [9.17, 15) is 12.6 Å². The van der Waals surface area contributed by atoms with Gasteiger partial charge in [0.15, 0.2) is 10.1 Å². The van der Waals surface area contributed by atoms with Crippen LogP contribution in [0.1, 0.15) is 22.3 Å². The van der Waals surface area contributed by atoms with E-state index >= 15 is 0 Å². The van der Waals surface area contributed by atoms with E-state index in [1.165, 1.54) is 12.1 Å². The van der Waals surface area contributed by atoms with E-state index in [4.69, 9.17) is 4.99 Å². The number of aliphatic imine (C=N–C) groups is 1. The molecule has 0 bridgehead atoms. The molecular weight excluding hydrogens is 454 g/mol. The quantitative estimate of drug-likeness (QED) is 0.358. The van der Waals surface area contributed by atoms with E-state index in [-0.39, 0.29) is 20.6 Å². The van der Waals surface area contributed by atoms with Crippen molar-refractivity contribution in [1.29, 1.82) is 0 Å². The van der Waals surface area contributed by atoms with Gasteiger partial charge in [0, 0.05) is 11.1 Å². The Balaban J connectivity index is 1.84. The summed E-state index contributed by atoms with van der Waals surface area (Å²) in [6, 6.07) is 21.5. The molecule has 0 spiro atoms. The lowest BCUT2D eigenvalue weighted by Gasteiger charge is -2.10. The van der Waals surface area contributed by atoms with Gasteiger partial charge < -0.3 is 0 Å². The third kappa shape index (κ3) is 3.71. The minimum absolute atomic E-state index is 0.00381. The minimum atomic E-state index is -4.03. The van der Waals surface area contributed by atoms with Crippen LogP contribution in [0.3, 0.4) is 0 Å². The number of aryl methyl sites for hydroxylation is 2. The number of hydrogen-bond acceptors (Lipinski definition) is 6. The Morgan fingerprint density at radius 1 is 0.818 bits per heavy atom. The van der Waals surface area contributed by atoms with E-state index in [1.807, 2.05) is 56.3 Å². The standard InChI is InChI=1S/C25H19N3O3S2/c1-16-8-11-19(12-9-16)33(30,31)25-23-24(26-15-27-25)32(29)21-13-10-17(2)14-20(21)22(28-23)18-6-4-3-5-7-18/h3-15H,1-2H3. The van der Waals surface area contributed by atoms with Crippen molar-refractivity contribution in [3.05, 3.63) is 101 Å². The maximum Gasteiger partial charge on any atom is 0.226 e. The topological polar surface area (TPSA) is 89.3 Å². The first kappa shape index (κ1) is 21.4. The van der Waals surface area contributed by atoms with Crippen LogP contribution in [0.15, 0.2) is 104 Å². The molecule has 1 aliphatic rings. The molecule has 164 valence electrons. The van der Waals surface area contributed by atoms with Crippen LogP contribution in [-0.4, -0.2) is 28.3 Å². The summed E-state index contributed by atoms with van der Waals surface area (Å²) < 4.78 is 40.7. The molecule has 2 heterocycles. The number of sulfone groups is 1. The maximum absolute atomic E-state index is 13.6. The van der Waals surface area contributed by atoms with Crippen molar-refractivity contribution in [3.8, 4) is 0 Å². The predicted molar refractivity (Wildman–Crippen MR) is 126 cm³/mol. The Morgan fingerprint density at radius 2 is 1.52 bits per heavy atom. The SMILES string of the molecule is Cc1ccc(S(=O)(=O)c2ncnc3c2N=C(c2ccccc2)c2cc(C)ccc2S3=O)cc1. The van der Waals surface area contributed by atoms with Crippen molar-refractivity contribution < 1.29 is 12.6 Å². The van der Waals surface area contributed by atoms with Gasteiger partial charge in [-0.2, -0.15) is 0 Å². The van der Waals surface area contributed by atoms with Crippen LogP contribution < -0.4 is 0 Å². The third-order valence-electron chi connectivity index (χ3n) is 5.38. The first-order valence-corrected chi connectivity index (χ1v) is 12.8. The zero-order chi connectivity index (χ0) is 23.2. The van der Waals surface area contributed by atoms with Crippen molar-refractivity contribution >= 4 is 32.0 Å². The Kier molecular flexibility index (Phi) is 5.26. The number of nitrogens with zero attached hydrogens (tertiary/aromatic N) is 3. The molecule has 6 nitrogen and oxygen atoms in total. The first-order valence-electron chi connectivity index (χ1n) is 10.2. The second kappa shape index (κ2) is 8.13. The molecule has 8 heteroatoms. The van der Waals surface area contributed by atoms with E-state index in [2.05, 4.69) is 9.97 Å². The third-order valence-corrected chi connectivity index (χ3v) is 8.48. The van der Waals surface area contributed by atoms with Crippen LogP contribution in [0.25, 0.3) is 0 Å². The lowest BCUT2D eigenvalue weighted by molar-refractivity contribution is 0.591. The summed E-state index contributed by atoms with van der Waals surface area (Å²) in [5, 5.41) is -0.186. The molecule has 0 saturated carbocycles. The Morgan fingerprint density at radius 3 is 2.24 bits per heavy atom. The van der Waals surface area contributed by atoms with E-state index in [0.29, 0.717) is 16.2 Å². The number of fused-ring (bicyclic) bond motifs is 2. The van der Waals surface area contributed by atoms with Gasteiger partial charge in [0.2, 0.25) is 9.84 Å². The second-order valence-corrected chi connectivity index (χ2v) is 11.0. The minimum Gasteiger partial charge on any atom is -0.247 e. The average molecular weight is 474 g/mol. The fourth-order valence-electron chi connectivity index (χ4n) is 3.69. The highest BCUT2D eigenvalue weighted by atomic mass is 32.2. The van der Waals surface area contributed by atoms with Gasteiger partial charge in [-0.1, -0.05) is 59.7 Å². The lowest BCUT2D eigenvalue weighted by atomic mass is 10.0. The number of benzene rings is 3. The molecule has 1 aliphatic heterocycles. The molecule has 1 aromatic heterocycles. The van der Waals surface area contributed by atoms with E-state index in [1.54, 1.807) is 18.2 Å².